The number of hydrogen-bond donors (Lipinski definition) is 3. The number of ether oxygens (including phenoxy) is 1. The van der Waals surface area contributed by atoms with Crippen LogP contribution in [0.15, 0.2) is 4.99 Å². The van der Waals surface area contributed by atoms with Gasteiger partial charge in [0.15, 0.2) is 0 Å². The van der Waals surface area contributed by atoms with E-state index >= 15 is 0 Å². The van der Waals surface area contributed by atoms with E-state index in [2.05, 4.69) is 10.3 Å². The molecular formula is C12H25N3O4. The number of carboxylic acid groups (broad SMARTS) is 1. The molecule has 7 nitrogen and oxygen atoms in total. The van der Waals surface area contributed by atoms with Crippen molar-refractivity contribution >= 4 is 17.9 Å². The summed E-state index contributed by atoms with van der Waals surface area (Å²) in [5.74, 6) is -0.647. The van der Waals surface area contributed by atoms with E-state index in [1.165, 1.54) is 0 Å². The molecular weight excluding hydrogens is 250 g/mol. The Morgan fingerprint density at radius 2 is 2.05 bits per heavy atom. The molecule has 0 radical (unpaired) electrons. The maximum Gasteiger partial charge on any atom is 0.408 e. The van der Waals surface area contributed by atoms with Crippen LogP contribution in [0, 0.1) is 0 Å². The molecule has 112 valence electrons. The minimum atomic E-state index is -1.10. The number of carbonyl (C=O) groups excluding carboxylic acids is 1. The summed E-state index contributed by atoms with van der Waals surface area (Å²) < 4.78 is 5.00. The first-order valence-electron chi connectivity index (χ1n) is 6.10. The molecule has 0 bridgehead atoms. The standard InChI is InChI=1S/C12H23N3O4.H2/c1-8(13)14-7-5-6-9(10(16)17)15-11(18)19-12(2,3)4;/h9H,5-7H2,1-4H3,(H2,13,14)(H,15,18)(H,16,17);1H. The van der Waals surface area contributed by atoms with Gasteiger partial charge in [-0.2, -0.15) is 0 Å². The number of amidine groups is 1. The lowest BCUT2D eigenvalue weighted by Gasteiger charge is -2.21. The van der Waals surface area contributed by atoms with E-state index in [-0.39, 0.29) is 7.85 Å². The van der Waals surface area contributed by atoms with Crippen LogP contribution in [0.5, 0.6) is 0 Å². The lowest BCUT2D eigenvalue weighted by atomic mass is 10.1. The quantitative estimate of drug-likeness (QED) is 0.385. The molecule has 0 spiro atoms. The number of alkyl carbamates (subject to hydrolysis) is 1. The SMILES string of the molecule is CC(N)=NCCCC(NC(=O)OC(C)(C)C)C(=O)O.[HH]. The van der Waals surface area contributed by atoms with Gasteiger partial charge in [0.2, 0.25) is 0 Å². The summed E-state index contributed by atoms with van der Waals surface area (Å²) in [5.41, 5.74) is 4.70. The summed E-state index contributed by atoms with van der Waals surface area (Å²) in [7, 11) is 0. The molecule has 1 unspecified atom stereocenters. The largest absolute Gasteiger partial charge is 0.480 e. The van der Waals surface area contributed by atoms with Crippen molar-refractivity contribution in [2.45, 2.75) is 52.2 Å². The van der Waals surface area contributed by atoms with Gasteiger partial charge in [-0.05, 0) is 40.5 Å². The molecule has 0 fully saturated rings. The molecule has 1 amide bonds. The predicted octanol–water partition coefficient (Wildman–Crippen LogP) is 1.37. The Hall–Kier alpha value is -1.79. The average molecular weight is 275 g/mol. The second-order valence-electron chi connectivity index (χ2n) is 5.20. The van der Waals surface area contributed by atoms with Crippen LogP contribution in [0.25, 0.3) is 0 Å². The van der Waals surface area contributed by atoms with Gasteiger partial charge < -0.3 is 20.9 Å². The molecule has 0 aromatic carbocycles. The lowest BCUT2D eigenvalue weighted by Crippen LogP contribution is -2.43. The summed E-state index contributed by atoms with van der Waals surface area (Å²) in [4.78, 5) is 26.4. The molecule has 0 aliphatic heterocycles. The molecule has 7 heteroatoms. The smallest absolute Gasteiger partial charge is 0.408 e. The van der Waals surface area contributed by atoms with Gasteiger partial charge in [-0.1, -0.05) is 0 Å². The molecule has 0 aliphatic rings. The molecule has 0 aliphatic carbocycles. The molecule has 19 heavy (non-hydrogen) atoms. The van der Waals surface area contributed by atoms with Crippen LogP contribution in [0.3, 0.4) is 0 Å². The lowest BCUT2D eigenvalue weighted by molar-refractivity contribution is -0.139. The third kappa shape index (κ3) is 9.87. The number of nitrogens with one attached hydrogen (secondary N) is 1. The summed E-state index contributed by atoms with van der Waals surface area (Å²) in [5, 5.41) is 11.3. The van der Waals surface area contributed by atoms with Gasteiger partial charge in [0.1, 0.15) is 11.6 Å². The Bertz CT molecular complexity index is 349. The number of carbonyl (C=O) groups is 2. The van der Waals surface area contributed by atoms with Crippen molar-refractivity contribution in [1.29, 1.82) is 0 Å². The fraction of sp³-hybridized carbons (Fsp3) is 0.750. The molecule has 0 aromatic rings. The Morgan fingerprint density at radius 1 is 1.47 bits per heavy atom. The highest BCUT2D eigenvalue weighted by atomic mass is 16.6. The summed E-state index contributed by atoms with van der Waals surface area (Å²) in [6, 6.07) is -0.983. The van der Waals surface area contributed by atoms with E-state index in [0.717, 1.165) is 0 Å². The van der Waals surface area contributed by atoms with Gasteiger partial charge in [0.25, 0.3) is 0 Å². The van der Waals surface area contributed by atoms with E-state index in [1.807, 2.05) is 0 Å². The zero-order valence-corrected chi connectivity index (χ0v) is 11.9. The van der Waals surface area contributed by atoms with Crippen molar-refractivity contribution in [2.24, 2.45) is 10.7 Å². The van der Waals surface area contributed by atoms with Gasteiger partial charge in [0.05, 0.1) is 5.84 Å². The maximum absolute atomic E-state index is 11.5. The van der Waals surface area contributed by atoms with Gasteiger partial charge in [-0.25, -0.2) is 9.59 Å². The van der Waals surface area contributed by atoms with Crippen molar-refractivity contribution in [3.8, 4) is 0 Å². The highest BCUT2D eigenvalue weighted by Gasteiger charge is 2.23. The van der Waals surface area contributed by atoms with Crippen molar-refractivity contribution < 1.29 is 20.9 Å². The second kappa shape index (κ2) is 7.60. The van der Waals surface area contributed by atoms with Gasteiger partial charge >= 0.3 is 12.1 Å². The van der Waals surface area contributed by atoms with Crippen LogP contribution in [-0.4, -0.2) is 41.2 Å². The fourth-order valence-electron chi connectivity index (χ4n) is 1.26. The molecule has 0 aromatic heterocycles. The molecule has 0 saturated heterocycles. The van der Waals surface area contributed by atoms with Gasteiger partial charge in [-0.15, -0.1) is 0 Å². The normalized spacial score (nSPS) is 13.8. The van der Waals surface area contributed by atoms with E-state index in [1.54, 1.807) is 27.7 Å². The first kappa shape index (κ1) is 17.2. The molecule has 1 atom stereocenters. The molecule has 0 saturated carbocycles. The first-order chi connectivity index (χ1) is 8.61. The fourth-order valence-corrected chi connectivity index (χ4v) is 1.26. The minimum Gasteiger partial charge on any atom is -0.480 e. The summed E-state index contributed by atoms with van der Waals surface area (Å²) in [6.07, 6.45) is 0.0468. The topological polar surface area (TPSA) is 114 Å². The van der Waals surface area contributed by atoms with Crippen molar-refractivity contribution in [3.05, 3.63) is 0 Å². The number of nitrogens with zero attached hydrogens (tertiary/aromatic N) is 1. The number of hydrogen-bond acceptors (Lipinski definition) is 4. The zero-order valence-electron chi connectivity index (χ0n) is 11.9. The van der Waals surface area contributed by atoms with E-state index in [9.17, 15) is 9.59 Å². The highest BCUT2D eigenvalue weighted by Crippen LogP contribution is 2.07. The number of rotatable bonds is 6. The predicted molar refractivity (Wildman–Crippen MR) is 74.3 cm³/mol. The third-order valence-corrected chi connectivity index (χ3v) is 2.00. The summed E-state index contributed by atoms with van der Waals surface area (Å²) >= 11 is 0. The van der Waals surface area contributed by atoms with Crippen LogP contribution < -0.4 is 11.1 Å². The van der Waals surface area contributed by atoms with E-state index < -0.39 is 23.7 Å². The first-order valence-corrected chi connectivity index (χ1v) is 6.10. The van der Waals surface area contributed by atoms with Crippen LogP contribution in [-0.2, 0) is 9.53 Å². The molecule has 4 N–H and O–H groups in total. The van der Waals surface area contributed by atoms with E-state index in [4.69, 9.17) is 15.6 Å². The van der Waals surface area contributed by atoms with Gasteiger partial charge in [-0.3, -0.25) is 4.99 Å². The van der Waals surface area contributed by atoms with Crippen molar-refractivity contribution in [2.75, 3.05) is 6.54 Å². The van der Waals surface area contributed by atoms with Crippen molar-refractivity contribution in [1.82, 2.24) is 5.32 Å². The number of aliphatic imine (C=N–C) groups is 1. The number of nitrogens with two attached hydrogens (primary N) is 1. The number of amides is 1. The maximum atomic E-state index is 11.5. The van der Waals surface area contributed by atoms with Crippen LogP contribution >= 0.6 is 0 Å². The Kier molecular flexibility index (Phi) is 6.89. The van der Waals surface area contributed by atoms with Crippen LogP contribution in [0.1, 0.15) is 42.0 Å². The average Bonchev–Trinajstić information content (AvgIpc) is 2.19. The monoisotopic (exact) mass is 275 g/mol. The summed E-state index contributed by atoms with van der Waals surface area (Å²) in [6.45, 7) is 7.22. The molecule has 0 rings (SSSR count). The third-order valence-electron chi connectivity index (χ3n) is 2.00. The van der Waals surface area contributed by atoms with Crippen LogP contribution in [0.4, 0.5) is 4.79 Å². The van der Waals surface area contributed by atoms with Crippen LogP contribution in [0.2, 0.25) is 0 Å². The Morgan fingerprint density at radius 3 is 2.47 bits per heavy atom. The second-order valence-corrected chi connectivity index (χ2v) is 5.20. The minimum absolute atomic E-state index is 0. The number of aliphatic carboxylic acids is 1. The number of carboxylic acids is 1. The van der Waals surface area contributed by atoms with E-state index in [0.29, 0.717) is 18.8 Å². The van der Waals surface area contributed by atoms with Crippen molar-refractivity contribution in [3.63, 3.8) is 0 Å². The zero-order chi connectivity index (χ0) is 15.1. The Balaban J connectivity index is 0. The molecule has 0 heterocycles. The highest BCUT2D eigenvalue weighted by molar-refractivity contribution is 5.80. The Labute approximate surface area is 114 Å². The van der Waals surface area contributed by atoms with Gasteiger partial charge in [0, 0.05) is 7.97 Å².